The number of halogens is 5. The fourth-order valence-electron chi connectivity index (χ4n) is 1.59. The zero-order valence-electron chi connectivity index (χ0n) is 8.09. The molecule has 1 nitrogen and oxygen atoms in total. The maximum atomic E-state index is 12.9. The quantitative estimate of drug-likeness (QED) is 0.767. The van der Waals surface area contributed by atoms with Crippen molar-refractivity contribution in [1.82, 2.24) is 0 Å². The van der Waals surface area contributed by atoms with Gasteiger partial charge in [-0.2, -0.15) is 13.2 Å². The summed E-state index contributed by atoms with van der Waals surface area (Å²) in [6, 6.07) is 2.46. The minimum atomic E-state index is -4.50. The smallest absolute Gasteiger partial charge is 0.327 e. The van der Waals surface area contributed by atoms with Gasteiger partial charge in [-0.05, 0) is 30.2 Å². The van der Waals surface area contributed by atoms with Gasteiger partial charge in [0.25, 0.3) is 0 Å². The van der Waals surface area contributed by atoms with Crippen molar-refractivity contribution >= 4 is 12.4 Å². The number of benzene rings is 1. The Labute approximate surface area is 96.0 Å². The normalized spacial score (nSPS) is 23.8. The van der Waals surface area contributed by atoms with E-state index in [4.69, 9.17) is 5.73 Å². The predicted molar refractivity (Wildman–Crippen MR) is 54.0 cm³/mol. The van der Waals surface area contributed by atoms with Crippen LogP contribution in [0, 0.1) is 5.82 Å². The first-order valence-corrected chi connectivity index (χ1v) is 4.51. The fraction of sp³-hybridized carbons (Fsp3) is 0.400. The molecule has 1 fully saturated rings. The van der Waals surface area contributed by atoms with Gasteiger partial charge in [-0.15, -0.1) is 12.4 Å². The molecule has 1 saturated carbocycles. The molecule has 1 aromatic carbocycles. The summed E-state index contributed by atoms with van der Waals surface area (Å²) in [4.78, 5) is 0. The first kappa shape index (κ1) is 13.3. The Hall–Kier alpha value is -0.810. The topological polar surface area (TPSA) is 26.0 Å². The van der Waals surface area contributed by atoms with E-state index < -0.39 is 17.6 Å². The molecule has 0 amide bonds. The highest BCUT2D eigenvalue weighted by molar-refractivity contribution is 5.85. The van der Waals surface area contributed by atoms with E-state index in [0.717, 1.165) is 12.1 Å². The molecule has 2 atom stereocenters. The van der Waals surface area contributed by atoms with Crippen LogP contribution in [0.4, 0.5) is 17.6 Å². The van der Waals surface area contributed by atoms with Gasteiger partial charge in [-0.1, -0.05) is 0 Å². The highest BCUT2D eigenvalue weighted by Gasteiger charge is 2.38. The van der Waals surface area contributed by atoms with Crippen LogP contribution < -0.4 is 5.73 Å². The van der Waals surface area contributed by atoms with Crippen molar-refractivity contribution in [2.24, 2.45) is 5.73 Å². The number of alkyl halides is 3. The van der Waals surface area contributed by atoms with Crippen LogP contribution in [0.15, 0.2) is 18.2 Å². The van der Waals surface area contributed by atoms with Crippen molar-refractivity contribution in [3.63, 3.8) is 0 Å². The first-order valence-electron chi connectivity index (χ1n) is 4.51. The van der Waals surface area contributed by atoms with Crippen molar-refractivity contribution in [3.8, 4) is 0 Å². The van der Waals surface area contributed by atoms with E-state index in [2.05, 4.69) is 0 Å². The molecule has 0 heterocycles. The molecule has 2 rings (SSSR count). The summed E-state index contributed by atoms with van der Waals surface area (Å²) < 4.78 is 49.9. The van der Waals surface area contributed by atoms with Gasteiger partial charge >= 0.3 is 6.18 Å². The summed E-state index contributed by atoms with van der Waals surface area (Å²) in [5.74, 6) is -0.985. The summed E-state index contributed by atoms with van der Waals surface area (Å²) in [5.41, 5.74) is 4.90. The molecule has 6 heteroatoms. The van der Waals surface area contributed by atoms with Gasteiger partial charge in [-0.3, -0.25) is 0 Å². The van der Waals surface area contributed by atoms with E-state index in [9.17, 15) is 17.6 Å². The van der Waals surface area contributed by atoms with Gasteiger partial charge in [0.2, 0.25) is 0 Å². The van der Waals surface area contributed by atoms with E-state index in [-0.39, 0.29) is 24.4 Å². The molecule has 0 unspecified atom stereocenters. The van der Waals surface area contributed by atoms with E-state index >= 15 is 0 Å². The van der Waals surface area contributed by atoms with Gasteiger partial charge in [0.1, 0.15) is 5.82 Å². The second-order valence-corrected chi connectivity index (χ2v) is 3.78. The van der Waals surface area contributed by atoms with Gasteiger partial charge in [0.15, 0.2) is 0 Å². The molecule has 16 heavy (non-hydrogen) atoms. The molecule has 0 bridgehead atoms. The lowest BCUT2D eigenvalue weighted by molar-refractivity contribution is -0.137. The molecular formula is C10H10ClF4N. The van der Waals surface area contributed by atoms with Crippen molar-refractivity contribution in [3.05, 3.63) is 35.1 Å². The Morgan fingerprint density at radius 2 is 1.75 bits per heavy atom. The van der Waals surface area contributed by atoms with Crippen molar-refractivity contribution in [1.29, 1.82) is 0 Å². The average molecular weight is 256 g/mol. The van der Waals surface area contributed by atoms with Crippen molar-refractivity contribution in [2.45, 2.75) is 24.6 Å². The second-order valence-electron chi connectivity index (χ2n) is 3.78. The molecule has 2 N–H and O–H groups in total. The van der Waals surface area contributed by atoms with Crippen LogP contribution in [0.1, 0.15) is 23.5 Å². The summed E-state index contributed by atoms with van der Waals surface area (Å²) in [6.07, 6.45) is -3.88. The third-order valence-electron chi connectivity index (χ3n) is 2.52. The zero-order chi connectivity index (χ0) is 11.2. The molecule has 1 aliphatic rings. The number of hydrogen-bond acceptors (Lipinski definition) is 1. The minimum Gasteiger partial charge on any atom is -0.327 e. The van der Waals surface area contributed by atoms with Crippen LogP contribution in [-0.4, -0.2) is 6.04 Å². The monoisotopic (exact) mass is 255 g/mol. The fourth-order valence-corrected chi connectivity index (χ4v) is 1.59. The Bertz CT molecular complexity index is 391. The van der Waals surface area contributed by atoms with Crippen molar-refractivity contribution < 1.29 is 17.6 Å². The maximum Gasteiger partial charge on any atom is 0.416 e. The van der Waals surface area contributed by atoms with E-state index in [1.54, 1.807) is 0 Å². The highest BCUT2D eigenvalue weighted by Crippen LogP contribution is 2.41. The van der Waals surface area contributed by atoms with Crippen LogP contribution in [0.3, 0.4) is 0 Å². The summed E-state index contributed by atoms with van der Waals surface area (Å²) in [5, 5.41) is 0. The molecule has 0 aliphatic heterocycles. The summed E-state index contributed by atoms with van der Waals surface area (Å²) >= 11 is 0. The SMILES string of the molecule is Cl.N[C@@H]1C[C@H]1c1cc(F)cc(C(F)(F)F)c1. The minimum absolute atomic E-state index is 0. The number of nitrogens with two attached hydrogens (primary N) is 1. The van der Waals surface area contributed by atoms with Crippen LogP contribution in [-0.2, 0) is 6.18 Å². The van der Waals surface area contributed by atoms with Gasteiger partial charge in [0, 0.05) is 12.0 Å². The number of rotatable bonds is 1. The third kappa shape index (κ3) is 2.65. The Balaban J connectivity index is 0.00000128. The predicted octanol–water partition coefficient (Wildman–Crippen LogP) is 3.08. The Morgan fingerprint density at radius 1 is 1.19 bits per heavy atom. The van der Waals surface area contributed by atoms with E-state index in [1.165, 1.54) is 0 Å². The summed E-state index contributed by atoms with van der Waals surface area (Å²) in [6.45, 7) is 0. The van der Waals surface area contributed by atoms with Gasteiger partial charge in [-0.25, -0.2) is 4.39 Å². The van der Waals surface area contributed by atoms with Gasteiger partial charge in [0.05, 0.1) is 5.56 Å². The average Bonchev–Trinajstić information content (AvgIpc) is 2.80. The molecule has 0 radical (unpaired) electrons. The molecule has 1 aliphatic carbocycles. The Kier molecular flexibility index (Phi) is 3.50. The molecule has 1 aromatic rings. The van der Waals surface area contributed by atoms with Gasteiger partial charge < -0.3 is 5.73 Å². The standard InChI is InChI=1S/C10H9F4N.ClH/c11-7-2-5(8-4-9(8)15)1-6(3-7)10(12,13)14;/h1-3,8-9H,4,15H2;1H/t8-,9+;/m0./s1. The lowest BCUT2D eigenvalue weighted by atomic mass is 10.1. The maximum absolute atomic E-state index is 12.9. The molecular weight excluding hydrogens is 246 g/mol. The number of hydrogen-bond donors (Lipinski definition) is 1. The lowest BCUT2D eigenvalue weighted by Gasteiger charge is -2.08. The zero-order valence-corrected chi connectivity index (χ0v) is 8.91. The van der Waals surface area contributed by atoms with Crippen LogP contribution in [0.25, 0.3) is 0 Å². The Morgan fingerprint density at radius 3 is 2.19 bits per heavy atom. The van der Waals surface area contributed by atoms with Crippen LogP contribution in [0.2, 0.25) is 0 Å². The molecule has 0 aromatic heterocycles. The molecule has 0 spiro atoms. The lowest BCUT2D eigenvalue weighted by Crippen LogP contribution is -2.07. The van der Waals surface area contributed by atoms with E-state index in [1.807, 2.05) is 0 Å². The van der Waals surface area contributed by atoms with Crippen LogP contribution >= 0.6 is 12.4 Å². The third-order valence-corrected chi connectivity index (χ3v) is 2.52. The van der Waals surface area contributed by atoms with Crippen molar-refractivity contribution in [2.75, 3.05) is 0 Å². The second kappa shape index (κ2) is 4.22. The van der Waals surface area contributed by atoms with E-state index in [0.29, 0.717) is 18.1 Å². The first-order chi connectivity index (χ1) is 6.88. The molecule has 90 valence electrons. The highest BCUT2D eigenvalue weighted by atomic mass is 35.5. The largest absolute Gasteiger partial charge is 0.416 e. The summed E-state index contributed by atoms with van der Waals surface area (Å²) in [7, 11) is 0. The van der Waals surface area contributed by atoms with Crippen LogP contribution in [0.5, 0.6) is 0 Å². The molecule has 0 saturated heterocycles.